The van der Waals surface area contributed by atoms with E-state index in [1.807, 2.05) is 26.0 Å². The van der Waals surface area contributed by atoms with Gasteiger partial charge in [-0.25, -0.2) is 9.59 Å². The summed E-state index contributed by atoms with van der Waals surface area (Å²) in [4.78, 5) is 34.0. The second-order valence-corrected chi connectivity index (χ2v) is 5.79. The molecule has 0 fully saturated rings. The highest BCUT2D eigenvalue weighted by molar-refractivity contribution is 6.06. The molecule has 134 valence electrons. The zero-order valence-electron chi connectivity index (χ0n) is 14.7. The molecule has 0 atom stereocenters. The summed E-state index contributed by atoms with van der Waals surface area (Å²) < 4.78 is 5.29. The second-order valence-electron chi connectivity index (χ2n) is 5.79. The fourth-order valence-corrected chi connectivity index (χ4v) is 2.37. The summed E-state index contributed by atoms with van der Waals surface area (Å²) in [5.74, 6) is -0.379. The van der Waals surface area contributed by atoms with Crippen LogP contribution in [0.3, 0.4) is 0 Å². The number of unbranched alkanes of at least 4 members (excludes halogenated alkanes) is 2. The first-order valence-electron chi connectivity index (χ1n) is 8.73. The Labute approximate surface area is 147 Å². The lowest BCUT2D eigenvalue weighted by Gasteiger charge is -2.10. The summed E-state index contributed by atoms with van der Waals surface area (Å²) in [6.45, 7) is 4.44. The van der Waals surface area contributed by atoms with E-state index >= 15 is 0 Å². The van der Waals surface area contributed by atoms with Crippen LogP contribution in [0.15, 0.2) is 36.4 Å². The van der Waals surface area contributed by atoms with E-state index in [0.717, 1.165) is 25.7 Å². The molecule has 5 heteroatoms. The zero-order valence-corrected chi connectivity index (χ0v) is 14.7. The van der Waals surface area contributed by atoms with E-state index in [2.05, 4.69) is 0 Å². The quantitative estimate of drug-likeness (QED) is 0.282. The highest BCUT2D eigenvalue weighted by Crippen LogP contribution is 2.28. The van der Waals surface area contributed by atoms with Gasteiger partial charge in [-0.1, -0.05) is 51.0 Å². The van der Waals surface area contributed by atoms with Crippen molar-refractivity contribution in [1.29, 1.82) is 0 Å². The molecule has 0 amide bonds. The molecule has 0 spiro atoms. The Morgan fingerprint density at radius 1 is 0.920 bits per heavy atom. The van der Waals surface area contributed by atoms with E-state index in [1.54, 1.807) is 24.3 Å². The minimum absolute atomic E-state index is 0.316. The number of hydrogen-bond donors (Lipinski definition) is 0. The number of esters is 1. The van der Waals surface area contributed by atoms with Gasteiger partial charge in [0.25, 0.3) is 0 Å². The molecule has 25 heavy (non-hydrogen) atoms. The fraction of sp³-hybridized carbons (Fsp3) is 0.400. The number of carbonyl (C=O) groups excluding carboxylic acids is 2. The van der Waals surface area contributed by atoms with Crippen molar-refractivity contribution in [1.82, 2.24) is 0 Å². The Morgan fingerprint density at radius 3 is 2.40 bits per heavy atom. The molecular formula is C20H24O5. The van der Waals surface area contributed by atoms with Gasteiger partial charge < -0.3 is 4.74 Å². The van der Waals surface area contributed by atoms with Gasteiger partial charge in [0.15, 0.2) is 5.75 Å². The lowest BCUT2D eigenvalue weighted by molar-refractivity contribution is -0.213. The summed E-state index contributed by atoms with van der Waals surface area (Å²) in [6, 6.07) is 10.5. The molecule has 0 aliphatic rings. The molecule has 5 nitrogen and oxygen atoms in total. The third-order valence-corrected chi connectivity index (χ3v) is 3.79. The van der Waals surface area contributed by atoms with E-state index in [4.69, 9.17) is 14.5 Å². The fourth-order valence-electron chi connectivity index (χ4n) is 2.37. The van der Waals surface area contributed by atoms with Crippen LogP contribution < -0.4 is 4.89 Å². The van der Waals surface area contributed by atoms with Crippen LogP contribution in [0, 0.1) is 0 Å². The average Bonchev–Trinajstić information content (AvgIpc) is 2.64. The van der Waals surface area contributed by atoms with Gasteiger partial charge in [0, 0.05) is 10.8 Å². The molecular weight excluding hydrogens is 320 g/mol. The monoisotopic (exact) mass is 344 g/mol. The van der Waals surface area contributed by atoms with Crippen LogP contribution in [-0.2, 0) is 14.4 Å². The standard InChI is InChI=1S/C20H24O5/c1-3-5-13-19(21)25-24-18-12-8-9-15-16(18)10-7-11-17(15)20(22)23-14-6-4-2/h7-12H,3-6,13-14H2,1-2H3. The predicted octanol–water partition coefficient (Wildman–Crippen LogP) is 4.82. The maximum atomic E-state index is 12.3. The van der Waals surface area contributed by atoms with Crippen molar-refractivity contribution in [2.45, 2.75) is 46.0 Å². The number of benzene rings is 2. The van der Waals surface area contributed by atoms with Gasteiger partial charge in [-0.2, -0.15) is 0 Å². The van der Waals surface area contributed by atoms with Crippen LogP contribution in [0.1, 0.15) is 56.3 Å². The number of hydrogen-bond acceptors (Lipinski definition) is 5. The van der Waals surface area contributed by atoms with Crippen molar-refractivity contribution in [2.24, 2.45) is 0 Å². The molecule has 0 aliphatic carbocycles. The lowest BCUT2D eigenvalue weighted by atomic mass is 10.0. The van der Waals surface area contributed by atoms with Crippen LogP contribution in [0.4, 0.5) is 0 Å². The van der Waals surface area contributed by atoms with E-state index in [1.165, 1.54) is 0 Å². The molecule has 2 aromatic rings. The third kappa shape index (κ3) is 5.21. The van der Waals surface area contributed by atoms with Gasteiger partial charge in [-0.05, 0) is 25.0 Å². The Balaban J connectivity index is 2.16. The van der Waals surface area contributed by atoms with Gasteiger partial charge in [-0.3, -0.25) is 9.78 Å². The van der Waals surface area contributed by atoms with Gasteiger partial charge in [0.05, 0.1) is 18.6 Å². The van der Waals surface area contributed by atoms with Crippen molar-refractivity contribution in [2.75, 3.05) is 6.61 Å². The molecule has 0 saturated carbocycles. The predicted molar refractivity (Wildman–Crippen MR) is 95.4 cm³/mol. The average molecular weight is 344 g/mol. The van der Waals surface area contributed by atoms with E-state index in [0.29, 0.717) is 35.1 Å². The second kappa shape index (κ2) is 9.67. The Morgan fingerprint density at radius 2 is 1.64 bits per heavy atom. The van der Waals surface area contributed by atoms with Crippen molar-refractivity contribution in [3.8, 4) is 5.75 Å². The van der Waals surface area contributed by atoms with Crippen LogP contribution in [0.2, 0.25) is 0 Å². The number of carbonyl (C=O) groups is 2. The largest absolute Gasteiger partial charge is 0.462 e. The smallest absolute Gasteiger partial charge is 0.355 e. The van der Waals surface area contributed by atoms with E-state index in [-0.39, 0.29) is 5.97 Å². The number of rotatable bonds is 9. The van der Waals surface area contributed by atoms with Crippen molar-refractivity contribution < 1.29 is 24.1 Å². The normalized spacial score (nSPS) is 10.5. The minimum atomic E-state index is -0.408. The molecule has 2 rings (SSSR count). The van der Waals surface area contributed by atoms with Crippen molar-refractivity contribution in [3.63, 3.8) is 0 Å². The van der Waals surface area contributed by atoms with Crippen LogP contribution in [0.5, 0.6) is 5.75 Å². The molecule has 2 aromatic carbocycles. The summed E-state index contributed by atoms with van der Waals surface area (Å²) in [7, 11) is 0. The Hall–Kier alpha value is -2.56. The minimum Gasteiger partial charge on any atom is -0.462 e. The highest BCUT2D eigenvalue weighted by Gasteiger charge is 2.14. The molecule has 0 aromatic heterocycles. The SMILES string of the molecule is CCCCOC(=O)c1cccc2c(OOC(=O)CCCC)cccc12. The summed E-state index contributed by atoms with van der Waals surface area (Å²) in [6.07, 6.45) is 3.78. The van der Waals surface area contributed by atoms with Crippen LogP contribution in [0.25, 0.3) is 10.8 Å². The molecule has 0 N–H and O–H groups in total. The Bertz CT molecular complexity index is 723. The number of ether oxygens (including phenoxy) is 1. The molecule has 0 aliphatic heterocycles. The Kier molecular flexibility index (Phi) is 7.26. The topological polar surface area (TPSA) is 61.8 Å². The van der Waals surface area contributed by atoms with Crippen LogP contribution in [-0.4, -0.2) is 18.5 Å². The summed E-state index contributed by atoms with van der Waals surface area (Å²) in [5, 5.41) is 1.39. The first kappa shape index (κ1) is 18.8. The number of fused-ring (bicyclic) bond motifs is 1. The van der Waals surface area contributed by atoms with Crippen molar-refractivity contribution >= 4 is 22.7 Å². The zero-order chi connectivity index (χ0) is 18.1. The van der Waals surface area contributed by atoms with Gasteiger partial charge in [0.2, 0.25) is 0 Å². The highest BCUT2D eigenvalue weighted by atomic mass is 17.2. The van der Waals surface area contributed by atoms with Crippen LogP contribution >= 0.6 is 0 Å². The van der Waals surface area contributed by atoms with Gasteiger partial charge >= 0.3 is 11.9 Å². The van der Waals surface area contributed by atoms with Crippen molar-refractivity contribution in [3.05, 3.63) is 42.0 Å². The molecule has 0 saturated heterocycles. The summed E-state index contributed by atoms with van der Waals surface area (Å²) >= 11 is 0. The molecule has 0 unspecified atom stereocenters. The maximum Gasteiger partial charge on any atom is 0.355 e. The third-order valence-electron chi connectivity index (χ3n) is 3.79. The van der Waals surface area contributed by atoms with E-state index < -0.39 is 5.97 Å². The van der Waals surface area contributed by atoms with Gasteiger partial charge in [0.1, 0.15) is 0 Å². The molecule has 0 bridgehead atoms. The van der Waals surface area contributed by atoms with E-state index in [9.17, 15) is 9.59 Å². The molecule has 0 heterocycles. The summed E-state index contributed by atoms with van der Waals surface area (Å²) in [5.41, 5.74) is 0.469. The van der Waals surface area contributed by atoms with Gasteiger partial charge in [-0.15, -0.1) is 0 Å². The first-order valence-corrected chi connectivity index (χ1v) is 8.73. The maximum absolute atomic E-state index is 12.3. The lowest BCUT2D eigenvalue weighted by Crippen LogP contribution is -2.09. The molecule has 0 radical (unpaired) electrons. The first-order chi connectivity index (χ1) is 12.2.